The quantitative estimate of drug-likeness (QED) is 0.577. The van der Waals surface area contributed by atoms with Crippen LogP contribution in [0, 0.1) is 5.92 Å². The number of carbonyl (C=O) groups excluding carboxylic acids is 1. The van der Waals surface area contributed by atoms with E-state index >= 15 is 0 Å². The molecule has 106 valence electrons. The molecule has 0 N–H and O–H groups in total. The van der Waals surface area contributed by atoms with Crippen molar-refractivity contribution in [3.8, 4) is 0 Å². The van der Waals surface area contributed by atoms with Gasteiger partial charge in [-0.25, -0.2) is 0 Å². The van der Waals surface area contributed by atoms with Crippen LogP contribution >= 0.6 is 0 Å². The predicted octanol–water partition coefficient (Wildman–Crippen LogP) is 4.86. The number of ether oxygens (including phenoxy) is 1. The first-order chi connectivity index (χ1) is 8.79. The zero-order chi connectivity index (χ0) is 13.1. The van der Waals surface area contributed by atoms with Crippen LogP contribution in [-0.2, 0) is 9.53 Å². The first-order valence-corrected chi connectivity index (χ1v) is 7.94. The Morgan fingerprint density at radius 3 is 2.11 bits per heavy atom. The first-order valence-electron chi connectivity index (χ1n) is 7.94. The molecule has 0 amide bonds. The molecule has 0 aliphatic carbocycles. The highest BCUT2D eigenvalue weighted by Crippen LogP contribution is 2.17. The molecule has 0 saturated carbocycles. The second kappa shape index (κ2) is 10.4. The Morgan fingerprint density at radius 1 is 0.833 bits per heavy atom. The maximum Gasteiger partial charge on any atom is 0.305 e. The van der Waals surface area contributed by atoms with E-state index in [4.69, 9.17) is 4.74 Å². The summed E-state index contributed by atoms with van der Waals surface area (Å²) in [5, 5.41) is 0. The summed E-state index contributed by atoms with van der Waals surface area (Å²) in [6.45, 7) is 2.95. The highest BCUT2D eigenvalue weighted by atomic mass is 16.5. The van der Waals surface area contributed by atoms with Gasteiger partial charge in [0.25, 0.3) is 0 Å². The number of esters is 1. The van der Waals surface area contributed by atoms with E-state index in [-0.39, 0.29) is 5.97 Å². The lowest BCUT2D eigenvalue weighted by Gasteiger charge is -2.12. The molecule has 2 heteroatoms. The van der Waals surface area contributed by atoms with Crippen LogP contribution in [0.1, 0.15) is 84.0 Å². The van der Waals surface area contributed by atoms with Crippen molar-refractivity contribution < 1.29 is 9.53 Å². The van der Waals surface area contributed by atoms with Gasteiger partial charge in [-0.2, -0.15) is 0 Å². The second-order valence-corrected chi connectivity index (χ2v) is 5.83. The molecule has 1 aliphatic rings. The average Bonchev–Trinajstić information content (AvgIpc) is 2.35. The number of hydrogen-bond acceptors (Lipinski definition) is 2. The molecule has 1 heterocycles. The number of hydrogen-bond donors (Lipinski definition) is 0. The highest BCUT2D eigenvalue weighted by molar-refractivity contribution is 5.69. The summed E-state index contributed by atoms with van der Waals surface area (Å²) in [7, 11) is 0. The fourth-order valence-corrected chi connectivity index (χ4v) is 2.66. The van der Waals surface area contributed by atoms with E-state index in [9.17, 15) is 4.79 Å². The van der Waals surface area contributed by atoms with Crippen LogP contribution < -0.4 is 0 Å². The third-order valence-corrected chi connectivity index (χ3v) is 3.93. The van der Waals surface area contributed by atoms with Gasteiger partial charge in [-0.3, -0.25) is 4.79 Å². The summed E-state index contributed by atoms with van der Waals surface area (Å²) in [5.41, 5.74) is 0. The molecule has 1 aliphatic heterocycles. The van der Waals surface area contributed by atoms with Gasteiger partial charge in [0, 0.05) is 6.42 Å². The molecule has 0 aromatic carbocycles. The summed E-state index contributed by atoms with van der Waals surface area (Å²) >= 11 is 0. The summed E-state index contributed by atoms with van der Waals surface area (Å²) in [6, 6.07) is 0. The van der Waals surface area contributed by atoms with Crippen molar-refractivity contribution in [1.29, 1.82) is 0 Å². The molecule has 0 bridgehead atoms. The largest absolute Gasteiger partial charge is 0.466 e. The minimum Gasteiger partial charge on any atom is -0.466 e. The molecule has 1 unspecified atom stereocenters. The molecule has 2 nitrogen and oxygen atoms in total. The van der Waals surface area contributed by atoms with E-state index in [2.05, 4.69) is 6.92 Å². The molecule has 18 heavy (non-hydrogen) atoms. The lowest BCUT2D eigenvalue weighted by Crippen LogP contribution is -2.07. The van der Waals surface area contributed by atoms with E-state index in [0.717, 1.165) is 18.8 Å². The Labute approximate surface area is 112 Å². The topological polar surface area (TPSA) is 26.3 Å². The third kappa shape index (κ3) is 8.54. The number of carbonyl (C=O) groups is 1. The van der Waals surface area contributed by atoms with Crippen LogP contribution in [0.3, 0.4) is 0 Å². The predicted molar refractivity (Wildman–Crippen MR) is 75.5 cm³/mol. The Bertz CT molecular complexity index is 213. The molecule has 1 fully saturated rings. The van der Waals surface area contributed by atoms with Gasteiger partial charge in [-0.1, -0.05) is 58.3 Å². The second-order valence-electron chi connectivity index (χ2n) is 5.83. The normalized spacial score (nSPS) is 26.5. The zero-order valence-corrected chi connectivity index (χ0v) is 12.1. The van der Waals surface area contributed by atoms with Gasteiger partial charge in [-0.05, 0) is 25.2 Å². The van der Waals surface area contributed by atoms with Crippen LogP contribution in [0.4, 0.5) is 0 Å². The monoisotopic (exact) mass is 254 g/mol. The number of cyclic esters (lactones) is 1. The van der Waals surface area contributed by atoms with Gasteiger partial charge >= 0.3 is 5.97 Å². The Kier molecular flexibility index (Phi) is 8.97. The Hall–Kier alpha value is -0.530. The molecule has 0 radical (unpaired) electrons. The SMILES string of the molecule is CC1CCCCCCCCCCC(=O)OCCC1. The lowest BCUT2D eigenvalue weighted by molar-refractivity contribution is -0.143. The van der Waals surface area contributed by atoms with Crippen molar-refractivity contribution in [2.24, 2.45) is 5.92 Å². The maximum atomic E-state index is 11.4. The Balaban J connectivity index is 2.20. The van der Waals surface area contributed by atoms with Crippen molar-refractivity contribution in [1.82, 2.24) is 0 Å². The number of rotatable bonds is 0. The summed E-state index contributed by atoms with van der Waals surface area (Å²) in [4.78, 5) is 11.4. The fourth-order valence-electron chi connectivity index (χ4n) is 2.66. The molecule has 0 aromatic rings. The molecule has 1 saturated heterocycles. The smallest absolute Gasteiger partial charge is 0.305 e. The van der Waals surface area contributed by atoms with Crippen LogP contribution in [0.25, 0.3) is 0 Å². The van der Waals surface area contributed by atoms with Crippen molar-refractivity contribution in [3.63, 3.8) is 0 Å². The van der Waals surface area contributed by atoms with Gasteiger partial charge in [0.1, 0.15) is 0 Å². The Morgan fingerprint density at radius 2 is 1.39 bits per heavy atom. The van der Waals surface area contributed by atoms with Gasteiger partial charge in [0.2, 0.25) is 0 Å². The fraction of sp³-hybridized carbons (Fsp3) is 0.938. The molecule has 1 rings (SSSR count). The molecule has 1 atom stereocenters. The van der Waals surface area contributed by atoms with Crippen LogP contribution in [-0.4, -0.2) is 12.6 Å². The third-order valence-electron chi connectivity index (χ3n) is 3.93. The highest BCUT2D eigenvalue weighted by Gasteiger charge is 2.06. The zero-order valence-electron chi connectivity index (χ0n) is 12.1. The van der Waals surface area contributed by atoms with Crippen molar-refractivity contribution in [2.75, 3.05) is 6.61 Å². The van der Waals surface area contributed by atoms with E-state index in [1.165, 1.54) is 57.8 Å². The van der Waals surface area contributed by atoms with Crippen molar-refractivity contribution in [2.45, 2.75) is 84.0 Å². The van der Waals surface area contributed by atoms with Crippen LogP contribution in [0.15, 0.2) is 0 Å². The molecule has 0 aromatic heterocycles. The van der Waals surface area contributed by atoms with Gasteiger partial charge < -0.3 is 4.74 Å². The molecule has 0 spiro atoms. The van der Waals surface area contributed by atoms with Crippen LogP contribution in [0.5, 0.6) is 0 Å². The molecular weight excluding hydrogens is 224 g/mol. The summed E-state index contributed by atoms with van der Waals surface area (Å²) in [5.74, 6) is 0.798. The van der Waals surface area contributed by atoms with E-state index in [1.807, 2.05) is 0 Å². The lowest BCUT2D eigenvalue weighted by atomic mass is 9.97. The van der Waals surface area contributed by atoms with Crippen molar-refractivity contribution in [3.05, 3.63) is 0 Å². The molecular formula is C16H30O2. The van der Waals surface area contributed by atoms with Gasteiger partial charge in [-0.15, -0.1) is 0 Å². The minimum absolute atomic E-state index is 0.00903. The van der Waals surface area contributed by atoms with E-state index in [1.54, 1.807) is 0 Å². The summed E-state index contributed by atoms with van der Waals surface area (Å²) < 4.78 is 5.25. The van der Waals surface area contributed by atoms with Crippen molar-refractivity contribution >= 4 is 5.97 Å². The van der Waals surface area contributed by atoms with E-state index in [0.29, 0.717) is 13.0 Å². The summed E-state index contributed by atoms with van der Waals surface area (Å²) in [6.07, 6.45) is 14.6. The van der Waals surface area contributed by atoms with Crippen LogP contribution in [0.2, 0.25) is 0 Å². The maximum absolute atomic E-state index is 11.4. The van der Waals surface area contributed by atoms with E-state index < -0.39 is 0 Å². The first kappa shape index (κ1) is 15.5. The van der Waals surface area contributed by atoms with Gasteiger partial charge in [0.15, 0.2) is 0 Å². The average molecular weight is 254 g/mol. The minimum atomic E-state index is 0.00903. The standard InChI is InChI=1S/C16H30O2/c1-15-11-8-6-4-2-3-5-7-9-13-16(17)18-14-10-12-15/h15H,2-14H2,1H3. The van der Waals surface area contributed by atoms with Gasteiger partial charge in [0.05, 0.1) is 6.61 Å².